The van der Waals surface area contributed by atoms with E-state index in [0.29, 0.717) is 6.54 Å². The molecule has 1 unspecified atom stereocenters. The summed E-state index contributed by atoms with van der Waals surface area (Å²) in [6.07, 6.45) is 2.49. The third-order valence-electron chi connectivity index (χ3n) is 4.54. The predicted molar refractivity (Wildman–Crippen MR) is 103 cm³/mol. The summed E-state index contributed by atoms with van der Waals surface area (Å²) in [7, 11) is 1.79. The second kappa shape index (κ2) is 11.8. The van der Waals surface area contributed by atoms with E-state index >= 15 is 0 Å². The van der Waals surface area contributed by atoms with E-state index < -0.39 is 12.6 Å². The number of hydrogen-bond donors (Lipinski definition) is 2. The number of carboxylic acids is 1. The maximum Gasteiger partial charge on any atom is 0.387 e. The number of amides is 1. The molecule has 1 aliphatic rings. The number of ether oxygens (including phenoxy) is 1. The minimum absolute atomic E-state index is 0. The number of hydrogen-bond acceptors (Lipinski definition) is 5. The van der Waals surface area contributed by atoms with Crippen LogP contribution in [-0.2, 0) is 9.59 Å². The van der Waals surface area contributed by atoms with Crippen molar-refractivity contribution in [1.82, 2.24) is 9.80 Å². The summed E-state index contributed by atoms with van der Waals surface area (Å²) in [5.41, 5.74) is 0.205. The summed E-state index contributed by atoms with van der Waals surface area (Å²) >= 11 is 0. The summed E-state index contributed by atoms with van der Waals surface area (Å²) < 4.78 is 29.3. The zero-order valence-corrected chi connectivity index (χ0v) is 16.5. The molecule has 0 spiro atoms. The summed E-state index contributed by atoms with van der Waals surface area (Å²) in [5.74, 6) is -1.24. The Balaban J connectivity index is 0.00000392. The Morgan fingerprint density at radius 3 is 2.71 bits per heavy atom. The van der Waals surface area contributed by atoms with Crippen molar-refractivity contribution in [3.05, 3.63) is 24.3 Å². The standard InChI is InChI=1S/C18H25F2N3O4.ClH/c1-22(12-17(25)26)13-5-4-9-23(10-8-13)11-16(24)21-14-6-2-3-7-15(14)27-18(19)20;/h2-3,6-7,13,18H,4-5,8-12H2,1H3,(H,21,24)(H,25,26);1H. The monoisotopic (exact) mass is 421 g/mol. The van der Waals surface area contributed by atoms with Crippen LogP contribution in [0, 0.1) is 0 Å². The highest BCUT2D eigenvalue weighted by atomic mass is 35.5. The van der Waals surface area contributed by atoms with Crippen molar-refractivity contribution < 1.29 is 28.2 Å². The van der Waals surface area contributed by atoms with Gasteiger partial charge < -0.3 is 15.2 Å². The fourth-order valence-electron chi connectivity index (χ4n) is 3.24. The fraction of sp³-hybridized carbons (Fsp3) is 0.556. The second-order valence-electron chi connectivity index (χ2n) is 6.59. The summed E-state index contributed by atoms with van der Waals surface area (Å²) in [6, 6.07) is 6.22. The largest absolute Gasteiger partial charge is 0.480 e. The van der Waals surface area contributed by atoms with E-state index in [1.807, 2.05) is 9.80 Å². The number of anilines is 1. The molecule has 0 saturated carbocycles. The molecule has 1 atom stereocenters. The molecule has 2 rings (SSSR count). The molecule has 28 heavy (non-hydrogen) atoms. The lowest BCUT2D eigenvalue weighted by molar-refractivity contribution is -0.138. The predicted octanol–water partition coefficient (Wildman–Crippen LogP) is 2.52. The first kappa shape index (κ1) is 24.1. The quantitative estimate of drug-likeness (QED) is 0.671. The number of carboxylic acid groups (broad SMARTS) is 1. The molecule has 0 aromatic heterocycles. The van der Waals surface area contributed by atoms with Crippen LogP contribution >= 0.6 is 12.4 Å². The van der Waals surface area contributed by atoms with Gasteiger partial charge in [-0.25, -0.2) is 0 Å². The number of nitrogens with zero attached hydrogens (tertiary/aromatic N) is 2. The molecule has 1 aliphatic heterocycles. The Labute approximate surface area is 169 Å². The molecular formula is C18H26ClF2N3O4. The molecule has 2 N–H and O–H groups in total. The zero-order chi connectivity index (χ0) is 19.8. The van der Waals surface area contributed by atoms with E-state index in [1.54, 1.807) is 19.2 Å². The molecule has 1 aromatic rings. The van der Waals surface area contributed by atoms with E-state index in [0.717, 1.165) is 25.8 Å². The summed E-state index contributed by atoms with van der Waals surface area (Å²) in [5, 5.41) is 11.5. The molecule has 1 amide bonds. The molecule has 158 valence electrons. The molecule has 1 aromatic carbocycles. The van der Waals surface area contributed by atoms with Crippen LogP contribution in [0.2, 0.25) is 0 Å². The van der Waals surface area contributed by atoms with Crippen LogP contribution in [-0.4, -0.2) is 72.7 Å². The van der Waals surface area contributed by atoms with Crippen molar-refractivity contribution in [2.75, 3.05) is 38.5 Å². The Bertz CT molecular complexity index is 651. The number of carbonyl (C=O) groups is 2. The zero-order valence-electron chi connectivity index (χ0n) is 15.6. The van der Waals surface area contributed by atoms with E-state index in [4.69, 9.17) is 5.11 Å². The number of para-hydroxylation sites is 2. The Morgan fingerprint density at radius 1 is 1.32 bits per heavy atom. The highest BCUT2D eigenvalue weighted by molar-refractivity contribution is 5.93. The van der Waals surface area contributed by atoms with Gasteiger partial charge in [0.2, 0.25) is 5.91 Å². The van der Waals surface area contributed by atoms with E-state index in [2.05, 4.69) is 10.1 Å². The maximum atomic E-state index is 12.5. The van der Waals surface area contributed by atoms with Crippen molar-refractivity contribution in [1.29, 1.82) is 0 Å². The number of nitrogens with one attached hydrogen (secondary N) is 1. The number of likely N-dealkylation sites (N-methyl/N-ethyl adjacent to an activating group) is 1. The third-order valence-corrected chi connectivity index (χ3v) is 4.54. The van der Waals surface area contributed by atoms with Gasteiger partial charge in [-0.2, -0.15) is 8.78 Å². The Morgan fingerprint density at radius 2 is 2.04 bits per heavy atom. The lowest BCUT2D eigenvalue weighted by Crippen LogP contribution is -2.37. The number of likely N-dealkylation sites (tertiary alicyclic amines) is 1. The van der Waals surface area contributed by atoms with Crippen LogP contribution in [0.4, 0.5) is 14.5 Å². The first-order valence-corrected chi connectivity index (χ1v) is 8.83. The molecule has 1 saturated heterocycles. The number of benzene rings is 1. The summed E-state index contributed by atoms with van der Waals surface area (Å²) in [4.78, 5) is 27.0. The van der Waals surface area contributed by atoms with Crippen LogP contribution < -0.4 is 10.1 Å². The highest BCUT2D eigenvalue weighted by Crippen LogP contribution is 2.25. The van der Waals surface area contributed by atoms with Gasteiger partial charge in [0, 0.05) is 12.6 Å². The number of rotatable bonds is 8. The van der Waals surface area contributed by atoms with Crippen LogP contribution in [0.1, 0.15) is 19.3 Å². The van der Waals surface area contributed by atoms with Crippen molar-refractivity contribution in [2.45, 2.75) is 31.9 Å². The molecule has 0 bridgehead atoms. The Hall–Kier alpha value is -1.97. The number of aliphatic carboxylic acids is 1. The first-order chi connectivity index (χ1) is 12.8. The average Bonchev–Trinajstić information content (AvgIpc) is 2.81. The van der Waals surface area contributed by atoms with Crippen LogP contribution in [0.5, 0.6) is 5.75 Å². The molecule has 0 radical (unpaired) electrons. The second-order valence-corrected chi connectivity index (χ2v) is 6.59. The molecule has 0 aliphatic carbocycles. The van der Waals surface area contributed by atoms with Gasteiger partial charge in [-0.3, -0.25) is 19.4 Å². The van der Waals surface area contributed by atoms with Crippen LogP contribution in [0.15, 0.2) is 24.3 Å². The normalized spacial score (nSPS) is 17.7. The molecule has 1 heterocycles. The highest BCUT2D eigenvalue weighted by Gasteiger charge is 2.23. The van der Waals surface area contributed by atoms with Gasteiger partial charge in [0.1, 0.15) is 5.75 Å². The first-order valence-electron chi connectivity index (χ1n) is 8.83. The number of carbonyl (C=O) groups excluding carboxylic acids is 1. The average molecular weight is 422 g/mol. The van der Waals surface area contributed by atoms with E-state index in [1.165, 1.54) is 12.1 Å². The van der Waals surface area contributed by atoms with Gasteiger partial charge >= 0.3 is 12.6 Å². The van der Waals surface area contributed by atoms with Crippen molar-refractivity contribution in [3.8, 4) is 5.75 Å². The van der Waals surface area contributed by atoms with Crippen LogP contribution in [0.25, 0.3) is 0 Å². The summed E-state index contributed by atoms with van der Waals surface area (Å²) in [6.45, 7) is -1.45. The van der Waals surface area contributed by atoms with Gasteiger partial charge in [0.15, 0.2) is 0 Å². The smallest absolute Gasteiger partial charge is 0.387 e. The lowest BCUT2D eigenvalue weighted by atomic mass is 10.1. The SMILES string of the molecule is CN(CC(=O)O)C1CCCN(CC(=O)Nc2ccccc2OC(F)F)CC1.Cl. The van der Waals surface area contributed by atoms with Crippen molar-refractivity contribution in [3.63, 3.8) is 0 Å². The van der Waals surface area contributed by atoms with Gasteiger partial charge in [0.25, 0.3) is 0 Å². The molecule has 10 heteroatoms. The molecule has 1 fully saturated rings. The third kappa shape index (κ3) is 7.95. The minimum atomic E-state index is -2.96. The minimum Gasteiger partial charge on any atom is -0.480 e. The number of halogens is 3. The van der Waals surface area contributed by atoms with Crippen LogP contribution in [0.3, 0.4) is 0 Å². The van der Waals surface area contributed by atoms with E-state index in [-0.39, 0.29) is 48.9 Å². The van der Waals surface area contributed by atoms with E-state index in [9.17, 15) is 18.4 Å². The van der Waals surface area contributed by atoms with Crippen molar-refractivity contribution >= 4 is 30.0 Å². The van der Waals surface area contributed by atoms with Gasteiger partial charge in [-0.15, -0.1) is 12.4 Å². The number of alkyl halides is 2. The molecular weight excluding hydrogens is 396 g/mol. The Kier molecular flexibility index (Phi) is 10.1. The van der Waals surface area contributed by atoms with Crippen molar-refractivity contribution in [2.24, 2.45) is 0 Å². The lowest BCUT2D eigenvalue weighted by Gasteiger charge is -2.25. The fourth-order valence-corrected chi connectivity index (χ4v) is 3.24. The van der Waals surface area contributed by atoms with Gasteiger partial charge in [-0.05, 0) is 45.0 Å². The van der Waals surface area contributed by atoms with Gasteiger partial charge in [-0.1, -0.05) is 12.1 Å². The topological polar surface area (TPSA) is 82.1 Å². The molecule has 7 nitrogen and oxygen atoms in total. The van der Waals surface area contributed by atoms with Gasteiger partial charge in [0.05, 0.1) is 18.8 Å². The maximum absolute atomic E-state index is 12.5.